The van der Waals surface area contributed by atoms with Crippen molar-refractivity contribution in [3.05, 3.63) is 284 Å². The van der Waals surface area contributed by atoms with E-state index in [1.54, 1.807) is 24.8 Å². The number of hydrogen-bond donors (Lipinski definition) is 0. The van der Waals surface area contributed by atoms with Crippen LogP contribution in [0.15, 0.2) is 283 Å². The number of rotatable bonds is 8. The predicted octanol–water partition coefficient (Wildman–Crippen LogP) is 18.2. The molecule has 0 saturated heterocycles. The van der Waals surface area contributed by atoms with Gasteiger partial charge in [0, 0.05) is 68.7 Å². The number of pyridine rings is 2. The maximum atomic E-state index is 15.4. The molecule has 7 nitrogen and oxygen atoms in total. The Bertz CT molecular complexity index is 5180. The van der Waals surface area contributed by atoms with Gasteiger partial charge in [0.1, 0.15) is 5.58 Å². The Morgan fingerprint density at radius 3 is 1.10 bits per heavy atom. The van der Waals surface area contributed by atoms with E-state index in [0.29, 0.717) is 16.7 Å². The highest BCUT2D eigenvalue weighted by molar-refractivity contribution is 6.19. The first kappa shape index (κ1) is 45.3. The summed E-state index contributed by atoms with van der Waals surface area (Å²) in [5.74, 6) is 0. The molecule has 0 spiro atoms. The summed E-state index contributed by atoms with van der Waals surface area (Å²) in [7, 11) is 0. The van der Waals surface area contributed by atoms with Crippen molar-refractivity contribution in [2.75, 3.05) is 0 Å². The molecule has 16 rings (SSSR count). The summed E-state index contributed by atoms with van der Waals surface area (Å²) in [6.07, 6.45) is 7.06. The van der Waals surface area contributed by atoms with E-state index in [1.807, 2.05) is 24.3 Å². The molecule has 6 heterocycles. The minimum Gasteiger partial charge on any atom is -0.422 e. The highest BCUT2D eigenvalue weighted by atomic mass is 16.4. The molecule has 0 bridgehead atoms. The molecule has 16 aromatic rings. The van der Waals surface area contributed by atoms with Gasteiger partial charge in [-0.3, -0.25) is 9.97 Å². The van der Waals surface area contributed by atoms with Gasteiger partial charge in [-0.1, -0.05) is 164 Å². The van der Waals surface area contributed by atoms with Crippen molar-refractivity contribution < 1.29 is 4.42 Å². The van der Waals surface area contributed by atoms with Crippen LogP contribution in [0.4, 0.5) is 0 Å². The zero-order valence-corrected chi connectivity index (χ0v) is 43.0. The third-order valence-electron chi connectivity index (χ3n) is 16.1. The van der Waals surface area contributed by atoms with Gasteiger partial charge < -0.3 is 18.1 Å². The van der Waals surface area contributed by atoms with E-state index in [4.69, 9.17) is 4.42 Å². The minimum absolute atomic E-state index is 0.429. The van der Waals surface area contributed by atoms with Gasteiger partial charge in [0.05, 0.1) is 61.1 Å². The molecule has 0 aliphatic rings. The lowest BCUT2D eigenvalue weighted by atomic mass is 9.92. The fourth-order valence-corrected chi connectivity index (χ4v) is 12.6. The number of aromatic nitrogens is 5. The van der Waals surface area contributed by atoms with Gasteiger partial charge in [-0.2, -0.15) is 0 Å². The molecule has 0 unspecified atom stereocenters. The molecule has 7 heteroatoms. The van der Waals surface area contributed by atoms with Gasteiger partial charge in [0.25, 0.3) is 0 Å². The summed E-state index contributed by atoms with van der Waals surface area (Å²) in [5.41, 5.74) is 18.0. The van der Waals surface area contributed by atoms with E-state index in [2.05, 4.69) is 248 Å². The molecule has 374 valence electrons. The van der Waals surface area contributed by atoms with E-state index in [9.17, 15) is 0 Å². The third-order valence-corrected chi connectivity index (χ3v) is 16.1. The van der Waals surface area contributed by atoms with Crippen molar-refractivity contribution in [1.82, 2.24) is 23.7 Å². The van der Waals surface area contributed by atoms with Crippen LogP contribution in [0.2, 0.25) is 0 Å². The number of nitrogens with zero attached hydrogens (tertiary/aromatic N) is 5. The molecule has 6 aromatic heterocycles. The fourth-order valence-electron chi connectivity index (χ4n) is 12.6. The molecule has 0 aliphatic heterocycles. The van der Waals surface area contributed by atoms with Crippen molar-refractivity contribution in [3.63, 3.8) is 0 Å². The average molecular weight is 1020 g/mol. The van der Waals surface area contributed by atoms with Crippen molar-refractivity contribution in [2.45, 2.75) is 0 Å². The van der Waals surface area contributed by atoms with Gasteiger partial charge in [-0.05, 0) is 123 Å². The Kier molecular flexibility index (Phi) is 10.3. The first-order chi connectivity index (χ1) is 39.6. The molecule has 10 aromatic carbocycles. The normalized spacial score (nSPS) is 11.8. The lowest BCUT2D eigenvalue weighted by Crippen LogP contribution is -2.13. The van der Waals surface area contributed by atoms with Crippen LogP contribution in [0, 0.1) is 0 Å². The van der Waals surface area contributed by atoms with Crippen LogP contribution in [-0.4, -0.2) is 23.7 Å². The summed E-state index contributed by atoms with van der Waals surface area (Å²) < 4.78 is 14.3. The Morgan fingerprint density at radius 2 is 0.650 bits per heavy atom. The zero-order valence-electron chi connectivity index (χ0n) is 43.0. The molecule has 0 aliphatic carbocycles. The molecular formula is C73H45N5O2. The van der Waals surface area contributed by atoms with Gasteiger partial charge >= 0.3 is 5.63 Å². The second-order valence-corrected chi connectivity index (χ2v) is 20.4. The lowest BCUT2D eigenvalue weighted by Gasteiger charge is -2.25. The summed E-state index contributed by atoms with van der Waals surface area (Å²) in [6.45, 7) is 0. The Hall–Kier alpha value is -10.9. The molecule has 0 radical (unpaired) electrons. The van der Waals surface area contributed by atoms with Crippen molar-refractivity contribution in [1.29, 1.82) is 0 Å². The summed E-state index contributed by atoms with van der Waals surface area (Å²) in [5, 5.41) is 7.34. The number of fused-ring (bicyclic) bond motifs is 10. The molecule has 80 heavy (non-hydrogen) atoms. The highest BCUT2D eigenvalue weighted by Crippen LogP contribution is 2.50. The molecular weight excluding hydrogens is 979 g/mol. The van der Waals surface area contributed by atoms with Crippen LogP contribution in [-0.2, 0) is 0 Å². The van der Waals surface area contributed by atoms with Gasteiger partial charge in [-0.25, -0.2) is 4.79 Å². The Labute approximate surface area is 458 Å². The van der Waals surface area contributed by atoms with Crippen LogP contribution in [0.25, 0.3) is 149 Å². The van der Waals surface area contributed by atoms with E-state index in [0.717, 1.165) is 132 Å². The zero-order chi connectivity index (χ0) is 52.8. The number of para-hydroxylation sites is 3. The van der Waals surface area contributed by atoms with Crippen LogP contribution >= 0.6 is 0 Å². The maximum absolute atomic E-state index is 15.4. The molecule has 0 N–H and O–H groups in total. The first-order valence-corrected chi connectivity index (χ1v) is 26.9. The monoisotopic (exact) mass is 1020 g/mol. The summed E-state index contributed by atoms with van der Waals surface area (Å²) in [6, 6.07) is 88.2. The van der Waals surface area contributed by atoms with E-state index >= 15 is 4.79 Å². The van der Waals surface area contributed by atoms with E-state index in [1.165, 1.54) is 0 Å². The highest BCUT2D eigenvalue weighted by Gasteiger charge is 2.31. The Balaban J connectivity index is 1.17. The maximum Gasteiger partial charge on any atom is 0.344 e. The van der Waals surface area contributed by atoms with Crippen LogP contribution in [0.1, 0.15) is 0 Å². The molecule has 0 fully saturated rings. The van der Waals surface area contributed by atoms with E-state index in [-0.39, 0.29) is 0 Å². The Morgan fingerprint density at radius 1 is 0.287 bits per heavy atom. The van der Waals surface area contributed by atoms with Gasteiger partial charge in [0.15, 0.2) is 0 Å². The molecule has 0 saturated carbocycles. The first-order valence-electron chi connectivity index (χ1n) is 26.9. The van der Waals surface area contributed by atoms with Crippen molar-refractivity contribution >= 4 is 76.4 Å². The second kappa shape index (κ2) is 18.1. The van der Waals surface area contributed by atoms with E-state index < -0.39 is 5.63 Å². The number of hydrogen-bond acceptors (Lipinski definition) is 4. The predicted molar refractivity (Wildman–Crippen MR) is 328 cm³/mol. The van der Waals surface area contributed by atoms with Crippen LogP contribution in [0.3, 0.4) is 0 Å². The molecule has 0 amide bonds. The molecule has 0 atom stereocenters. The summed E-state index contributed by atoms with van der Waals surface area (Å²) >= 11 is 0. The summed E-state index contributed by atoms with van der Waals surface area (Å²) in [4.78, 5) is 24.3. The van der Waals surface area contributed by atoms with Crippen molar-refractivity contribution in [2.24, 2.45) is 0 Å². The second-order valence-electron chi connectivity index (χ2n) is 20.4. The van der Waals surface area contributed by atoms with Gasteiger partial charge in [-0.15, -0.1) is 0 Å². The smallest absolute Gasteiger partial charge is 0.344 e. The van der Waals surface area contributed by atoms with Crippen LogP contribution < -0.4 is 5.63 Å². The van der Waals surface area contributed by atoms with Crippen LogP contribution in [0.5, 0.6) is 0 Å². The standard InChI is InChI=1S/C73H45N5O2/c79-73-69(50-36-40-75-41-37-50)68(49-34-38-74-39-35-49)70-67(80-73)45-66(76-60-25-13-10-22-54(60)57-42-51(28-31-63(57)76)46-16-4-1-5-17-46)71(77-61-26-14-11-23-55(61)58-43-52(29-32-64(58)77)47-18-6-2-7-19-47)72(70)78-62-27-15-12-24-56(62)59-44-53(30-33-65(59)78)48-20-8-3-9-21-48/h1-45H. The fraction of sp³-hybridized carbons (Fsp3) is 0. The van der Waals surface area contributed by atoms with Gasteiger partial charge in [0.2, 0.25) is 0 Å². The number of benzene rings is 10. The van der Waals surface area contributed by atoms with Crippen molar-refractivity contribution in [3.8, 4) is 72.7 Å². The SMILES string of the molecule is O=c1oc2cc(-n3c4ccccc4c4cc(-c5ccccc5)ccc43)c(-n3c4ccccc4c4cc(-c5ccccc5)ccc43)c(-n3c4ccccc4c4cc(-c5ccccc5)ccc43)c2c(-c2ccncc2)c1-c1ccncc1. The largest absolute Gasteiger partial charge is 0.422 e. The lowest BCUT2D eigenvalue weighted by molar-refractivity contribution is 0.563. The third kappa shape index (κ3) is 6.97. The quantitative estimate of drug-likeness (QED) is 0.142. The topological polar surface area (TPSA) is 70.8 Å². The average Bonchev–Trinajstić information content (AvgIpc) is 4.27. The minimum atomic E-state index is -0.463.